The summed E-state index contributed by atoms with van der Waals surface area (Å²) in [5.41, 5.74) is 6.09. The summed E-state index contributed by atoms with van der Waals surface area (Å²) in [6.45, 7) is 0. The maximum Gasteiger partial charge on any atom is 0.160 e. The molecule has 0 N–H and O–H groups in total. The molecule has 35 heavy (non-hydrogen) atoms. The zero-order chi connectivity index (χ0) is 26.8. The minimum absolute atomic E-state index is 0.163. The Kier molecular flexibility index (Phi) is 3.80. The molecule has 168 valence electrons. The lowest BCUT2D eigenvalue weighted by molar-refractivity contribution is 0.550. The summed E-state index contributed by atoms with van der Waals surface area (Å²) in [6, 6.07) is 35.6. The topological polar surface area (TPSA) is 25.8 Å². The lowest BCUT2D eigenvalue weighted by Gasteiger charge is -2.26. The van der Waals surface area contributed by atoms with E-state index >= 15 is 0 Å². The molecule has 1 spiro atoms. The molecule has 2 aliphatic rings. The van der Waals surface area contributed by atoms with E-state index in [2.05, 4.69) is 0 Å². The zero-order valence-electron chi connectivity index (χ0n) is 23.2. The Labute approximate surface area is 212 Å². The van der Waals surface area contributed by atoms with E-state index in [-0.39, 0.29) is 12.8 Å². The second-order valence-corrected chi connectivity index (χ2v) is 9.10. The van der Waals surface area contributed by atoms with E-state index in [1.54, 1.807) is 0 Å². The van der Waals surface area contributed by atoms with Crippen LogP contribution in [-0.4, -0.2) is 9.97 Å². The minimum Gasteiger partial charge on any atom is -0.228 e. The molecule has 2 nitrogen and oxygen atoms in total. The molecule has 0 saturated heterocycles. The Morgan fingerprint density at radius 1 is 0.543 bits per heavy atom. The summed E-state index contributed by atoms with van der Waals surface area (Å²) in [5.74, 6) is 0.531. The third kappa shape index (κ3) is 3.24. The van der Waals surface area contributed by atoms with Crippen molar-refractivity contribution in [3.8, 4) is 45.0 Å². The van der Waals surface area contributed by atoms with E-state index in [4.69, 9.17) is 15.5 Å². The van der Waals surface area contributed by atoms with Crippen LogP contribution in [0.1, 0.15) is 42.2 Å². The standard InChI is InChI=1S/C33H26N2/c1-3-11-23(12-4-1)30-22-31(24-13-5-2-6-14-24)35-32(34-30)25-17-18-27-26-15-7-8-16-28(26)33(29(27)21-25)19-9-10-20-33/h1-8,11-18,21-22H,9-10,19-20H2/i19D2,20D2. The van der Waals surface area contributed by atoms with Gasteiger partial charge in [-0.15, -0.1) is 0 Å². The van der Waals surface area contributed by atoms with Gasteiger partial charge in [0, 0.05) is 27.6 Å². The Morgan fingerprint density at radius 3 is 1.77 bits per heavy atom. The number of aromatic nitrogens is 2. The first-order valence-corrected chi connectivity index (χ1v) is 12.1. The fourth-order valence-corrected chi connectivity index (χ4v) is 5.45. The molecule has 4 aromatic carbocycles. The van der Waals surface area contributed by atoms with Crippen LogP contribution in [0.15, 0.2) is 109 Å². The van der Waals surface area contributed by atoms with Crippen LogP contribution < -0.4 is 0 Å². The summed E-state index contributed by atoms with van der Waals surface area (Å²) in [7, 11) is 0. The van der Waals surface area contributed by atoms with Gasteiger partial charge < -0.3 is 0 Å². The van der Waals surface area contributed by atoms with E-state index in [0.29, 0.717) is 11.4 Å². The number of hydrogen-bond acceptors (Lipinski definition) is 2. The molecule has 1 heterocycles. The Hall–Kier alpha value is -4.04. The van der Waals surface area contributed by atoms with Crippen molar-refractivity contribution < 1.29 is 5.48 Å². The zero-order valence-corrected chi connectivity index (χ0v) is 19.2. The summed E-state index contributed by atoms with van der Waals surface area (Å²) < 4.78 is 36.4. The van der Waals surface area contributed by atoms with Crippen LogP contribution in [0.25, 0.3) is 45.0 Å². The predicted molar refractivity (Wildman–Crippen MR) is 143 cm³/mol. The maximum atomic E-state index is 9.11. The molecule has 2 heteroatoms. The van der Waals surface area contributed by atoms with Gasteiger partial charge in [-0.2, -0.15) is 0 Å². The van der Waals surface area contributed by atoms with Gasteiger partial charge >= 0.3 is 0 Å². The Bertz CT molecular complexity index is 1640. The van der Waals surface area contributed by atoms with Crippen molar-refractivity contribution in [3.63, 3.8) is 0 Å². The third-order valence-corrected chi connectivity index (χ3v) is 7.07. The monoisotopic (exact) mass is 454 g/mol. The normalized spacial score (nSPS) is 19.8. The van der Waals surface area contributed by atoms with E-state index in [0.717, 1.165) is 44.8 Å². The number of nitrogens with zero attached hydrogens (tertiary/aromatic N) is 2. The number of benzene rings is 4. The van der Waals surface area contributed by atoms with Crippen molar-refractivity contribution >= 4 is 0 Å². The van der Waals surface area contributed by atoms with E-state index in [1.807, 2.05) is 109 Å². The summed E-state index contributed by atoms with van der Waals surface area (Å²) in [6.07, 6.45) is -3.18. The van der Waals surface area contributed by atoms with Gasteiger partial charge in [0.2, 0.25) is 0 Å². The molecule has 0 amide bonds. The highest BCUT2D eigenvalue weighted by Crippen LogP contribution is 2.57. The smallest absolute Gasteiger partial charge is 0.160 e. The van der Waals surface area contributed by atoms with Gasteiger partial charge in [-0.25, -0.2) is 9.97 Å². The molecular weight excluding hydrogens is 424 g/mol. The molecule has 5 aromatic rings. The lowest BCUT2D eigenvalue weighted by atomic mass is 9.76. The van der Waals surface area contributed by atoms with Crippen LogP contribution in [0.4, 0.5) is 0 Å². The van der Waals surface area contributed by atoms with Crippen LogP contribution in [0.2, 0.25) is 0 Å². The third-order valence-electron chi connectivity index (χ3n) is 7.07. The maximum absolute atomic E-state index is 9.11. The van der Waals surface area contributed by atoms with Gasteiger partial charge in [0.25, 0.3) is 0 Å². The second-order valence-electron chi connectivity index (χ2n) is 9.10. The van der Waals surface area contributed by atoms with E-state index < -0.39 is 18.2 Å². The predicted octanol–water partition coefficient (Wildman–Crippen LogP) is 8.32. The van der Waals surface area contributed by atoms with Gasteiger partial charge in [-0.3, -0.25) is 0 Å². The van der Waals surface area contributed by atoms with Crippen LogP contribution in [-0.2, 0) is 5.41 Å². The molecule has 0 unspecified atom stereocenters. The minimum atomic E-state index is -1.75. The number of fused-ring (bicyclic) bond motifs is 5. The average Bonchev–Trinajstić information content (AvgIpc) is 3.39. The molecule has 2 aliphatic carbocycles. The van der Waals surface area contributed by atoms with Crippen molar-refractivity contribution in [1.29, 1.82) is 0 Å². The van der Waals surface area contributed by atoms with Crippen molar-refractivity contribution in [2.24, 2.45) is 0 Å². The molecule has 1 saturated carbocycles. The van der Waals surface area contributed by atoms with E-state index in [1.165, 1.54) is 0 Å². The highest BCUT2D eigenvalue weighted by atomic mass is 14.9. The molecule has 7 rings (SSSR count). The molecule has 1 aromatic heterocycles. The van der Waals surface area contributed by atoms with Crippen LogP contribution in [0, 0.1) is 0 Å². The lowest BCUT2D eigenvalue weighted by Crippen LogP contribution is -2.20. The fraction of sp³-hybridized carbons (Fsp3) is 0.152. The molecule has 0 radical (unpaired) electrons. The van der Waals surface area contributed by atoms with Gasteiger partial charge in [-0.05, 0) is 47.1 Å². The molecule has 1 fully saturated rings. The van der Waals surface area contributed by atoms with Crippen molar-refractivity contribution in [1.82, 2.24) is 9.97 Å². The molecule has 0 bridgehead atoms. The largest absolute Gasteiger partial charge is 0.228 e. The van der Waals surface area contributed by atoms with Crippen LogP contribution >= 0.6 is 0 Å². The fourth-order valence-electron chi connectivity index (χ4n) is 5.45. The first kappa shape index (κ1) is 16.6. The van der Waals surface area contributed by atoms with Gasteiger partial charge in [-0.1, -0.05) is 110 Å². The molecule has 0 aliphatic heterocycles. The number of hydrogen-bond donors (Lipinski definition) is 0. The average molecular weight is 455 g/mol. The summed E-state index contributed by atoms with van der Waals surface area (Å²) in [4.78, 5) is 9.93. The first-order chi connectivity index (χ1) is 18.8. The van der Waals surface area contributed by atoms with Crippen molar-refractivity contribution in [2.45, 2.75) is 31.0 Å². The van der Waals surface area contributed by atoms with Crippen molar-refractivity contribution in [2.75, 3.05) is 0 Å². The van der Waals surface area contributed by atoms with Gasteiger partial charge in [0.15, 0.2) is 5.82 Å². The Morgan fingerprint density at radius 2 is 1.11 bits per heavy atom. The van der Waals surface area contributed by atoms with Crippen LogP contribution in [0.5, 0.6) is 0 Å². The van der Waals surface area contributed by atoms with Crippen molar-refractivity contribution in [3.05, 3.63) is 120 Å². The number of rotatable bonds is 3. The van der Waals surface area contributed by atoms with Gasteiger partial charge in [0.05, 0.1) is 11.4 Å². The quantitative estimate of drug-likeness (QED) is 0.274. The SMILES string of the molecule is [2H]C1([2H])CCC([2H])([2H])C12c1ccccc1-c1ccc(-c3nc(-c4ccccc4)cc(-c4ccccc4)n3)cc12. The first-order valence-electron chi connectivity index (χ1n) is 14.1. The van der Waals surface area contributed by atoms with E-state index in [9.17, 15) is 0 Å². The molecule has 0 atom stereocenters. The second kappa shape index (κ2) is 8.02. The Balaban J connectivity index is 1.48. The highest BCUT2D eigenvalue weighted by Gasteiger charge is 2.44. The highest BCUT2D eigenvalue weighted by molar-refractivity contribution is 5.84. The summed E-state index contributed by atoms with van der Waals surface area (Å²) >= 11 is 0. The van der Waals surface area contributed by atoms with Crippen LogP contribution in [0.3, 0.4) is 0 Å². The molecular formula is C33H26N2. The summed E-state index contributed by atoms with van der Waals surface area (Å²) in [5, 5.41) is 0. The van der Waals surface area contributed by atoms with Gasteiger partial charge in [0.1, 0.15) is 0 Å².